The molecule has 0 aromatic carbocycles. The van der Waals surface area contributed by atoms with Crippen molar-refractivity contribution in [3.8, 4) is 0 Å². The number of carbonyl (C=O) groups is 1. The van der Waals surface area contributed by atoms with Gasteiger partial charge in [0.2, 0.25) is 5.91 Å². The second kappa shape index (κ2) is 6.89. The van der Waals surface area contributed by atoms with Crippen LogP contribution in [0.5, 0.6) is 0 Å². The molecule has 16 heavy (non-hydrogen) atoms. The number of amides is 1. The summed E-state index contributed by atoms with van der Waals surface area (Å²) in [6.07, 6.45) is 5.86. The van der Waals surface area contributed by atoms with Crippen molar-refractivity contribution in [2.75, 3.05) is 19.6 Å². The summed E-state index contributed by atoms with van der Waals surface area (Å²) in [5.41, 5.74) is 5.60. The zero-order chi connectivity index (χ0) is 12.0. The fourth-order valence-corrected chi connectivity index (χ4v) is 2.45. The van der Waals surface area contributed by atoms with Crippen molar-refractivity contribution in [3.05, 3.63) is 0 Å². The molecule has 1 amide bonds. The fourth-order valence-electron chi connectivity index (χ4n) is 2.45. The molecule has 0 bridgehead atoms. The average Bonchev–Trinajstić information content (AvgIpc) is 2.77. The minimum Gasteiger partial charge on any atom is -0.343 e. The van der Waals surface area contributed by atoms with Crippen molar-refractivity contribution in [2.45, 2.75) is 46.0 Å². The van der Waals surface area contributed by atoms with E-state index in [1.807, 2.05) is 4.90 Å². The number of nitrogens with two attached hydrogens (primary N) is 1. The number of hydrogen-bond acceptors (Lipinski definition) is 2. The topological polar surface area (TPSA) is 46.3 Å². The zero-order valence-electron chi connectivity index (χ0n) is 10.7. The number of hydrogen-bond donors (Lipinski definition) is 1. The maximum atomic E-state index is 12.1. The predicted molar refractivity (Wildman–Crippen MR) is 67.0 cm³/mol. The van der Waals surface area contributed by atoms with Crippen LogP contribution in [0, 0.1) is 11.8 Å². The molecule has 1 aliphatic rings. The van der Waals surface area contributed by atoms with E-state index in [2.05, 4.69) is 13.8 Å². The first kappa shape index (κ1) is 13.5. The molecule has 0 radical (unpaired) electrons. The van der Waals surface area contributed by atoms with Crippen LogP contribution in [-0.2, 0) is 4.79 Å². The van der Waals surface area contributed by atoms with Crippen LogP contribution in [0.4, 0.5) is 0 Å². The number of rotatable bonds is 6. The summed E-state index contributed by atoms with van der Waals surface area (Å²) in [6, 6.07) is 0. The first-order valence-electron chi connectivity index (χ1n) is 6.65. The Hall–Kier alpha value is -0.570. The van der Waals surface area contributed by atoms with Crippen LogP contribution >= 0.6 is 0 Å². The van der Waals surface area contributed by atoms with Gasteiger partial charge in [0.15, 0.2) is 0 Å². The van der Waals surface area contributed by atoms with E-state index in [1.165, 1.54) is 25.7 Å². The van der Waals surface area contributed by atoms with Gasteiger partial charge in [0.1, 0.15) is 0 Å². The van der Waals surface area contributed by atoms with E-state index in [9.17, 15) is 4.79 Å². The van der Waals surface area contributed by atoms with Crippen molar-refractivity contribution in [1.82, 2.24) is 4.90 Å². The Labute approximate surface area is 99.4 Å². The van der Waals surface area contributed by atoms with Crippen LogP contribution in [0.1, 0.15) is 46.0 Å². The third-order valence-electron chi connectivity index (χ3n) is 3.61. The first-order chi connectivity index (χ1) is 7.67. The summed E-state index contributed by atoms with van der Waals surface area (Å²) in [6.45, 7) is 6.45. The quantitative estimate of drug-likeness (QED) is 0.753. The maximum absolute atomic E-state index is 12.1. The summed E-state index contributed by atoms with van der Waals surface area (Å²) < 4.78 is 0. The highest BCUT2D eigenvalue weighted by Gasteiger charge is 2.21. The SMILES string of the molecule is CCN(CC(C)CN)C(=O)CC1CCCC1. The lowest BCUT2D eigenvalue weighted by molar-refractivity contribution is -0.132. The molecule has 3 nitrogen and oxygen atoms in total. The van der Waals surface area contributed by atoms with Gasteiger partial charge >= 0.3 is 0 Å². The minimum atomic E-state index is 0.328. The normalized spacial score (nSPS) is 18.7. The summed E-state index contributed by atoms with van der Waals surface area (Å²) in [7, 11) is 0. The molecule has 94 valence electrons. The van der Waals surface area contributed by atoms with Crippen molar-refractivity contribution >= 4 is 5.91 Å². The first-order valence-corrected chi connectivity index (χ1v) is 6.65. The third kappa shape index (κ3) is 4.12. The minimum absolute atomic E-state index is 0.328. The Morgan fingerprint density at radius 2 is 2.06 bits per heavy atom. The van der Waals surface area contributed by atoms with Crippen molar-refractivity contribution in [3.63, 3.8) is 0 Å². The largest absolute Gasteiger partial charge is 0.343 e. The van der Waals surface area contributed by atoms with Gasteiger partial charge in [-0.1, -0.05) is 19.8 Å². The molecule has 0 heterocycles. The monoisotopic (exact) mass is 226 g/mol. The lowest BCUT2D eigenvalue weighted by Gasteiger charge is -2.25. The van der Waals surface area contributed by atoms with Gasteiger partial charge in [-0.05, 0) is 38.1 Å². The average molecular weight is 226 g/mol. The van der Waals surface area contributed by atoms with Gasteiger partial charge in [0.05, 0.1) is 0 Å². The molecule has 0 aliphatic heterocycles. The van der Waals surface area contributed by atoms with Gasteiger partial charge < -0.3 is 10.6 Å². The van der Waals surface area contributed by atoms with E-state index in [1.54, 1.807) is 0 Å². The molecule has 1 unspecified atom stereocenters. The zero-order valence-corrected chi connectivity index (χ0v) is 10.7. The van der Waals surface area contributed by atoms with E-state index < -0.39 is 0 Å². The lowest BCUT2D eigenvalue weighted by Crippen LogP contribution is -2.37. The second-order valence-electron chi connectivity index (χ2n) is 5.13. The molecular weight excluding hydrogens is 200 g/mol. The highest BCUT2D eigenvalue weighted by Crippen LogP contribution is 2.28. The summed E-state index contributed by atoms with van der Waals surface area (Å²) in [5, 5.41) is 0. The summed E-state index contributed by atoms with van der Waals surface area (Å²) in [5.74, 6) is 1.39. The standard InChI is InChI=1S/C13H26N2O/c1-3-15(10-11(2)9-14)13(16)8-12-6-4-5-7-12/h11-12H,3-10,14H2,1-2H3. The Morgan fingerprint density at radius 1 is 1.44 bits per heavy atom. The van der Waals surface area contributed by atoms with E-state index in [0.29, 0.717) is 24.3 Å². The van der Waals surface area contributed by atoms with Crippen LogP contribution in [0.3, 0.4) is 0 Å². The Morgan fingerprint density at radius 3 is 2.56 bits per heavy atom. The Kier molecular flexibility index (Phi) is 5.81. The van der Waals surface area contributed by atoms with Gasteiger partial charge in [0, 0.05) is 19.5 Å². The highest BCUT2D eigenvalue weighted by molar-refractivity contribution is 5.76. The van der Waals surface area contributed by atoms with Crippen LogP contribution in [0.25, 0.3) is 0 Å². The maximum Gasteiger partial charge on any atom is 0.222 e. The number of carbonyl (C=O) groups excluding carboxylic acids is 1. The van der Waals surface area contributed by atoms with Gasteiger partial charge in [-0.2, -0.15) is 0 Å². The van der Waals surface area contributed by atoms with Gasteiger partial charge in [0.25, 0.3) is 0 Å². The molecule has 1 aliphatic carbocycles. The molecule has 0 spiro atoms. The van der Waals surface area contributed by atoms with E-state index in [0.717, 1.165) is 19.5 Å². The number of nitrogens with zero attached hydrogens (tertiary/aromatic N) is 1. The van der Waals surface area contributed by atoms with Gasteiger partial charge in [-0.25, -0.2) is 0 Å². The molecule has 2 N–H and O–H groups in total. The molecule has 1 fully saturated rings. The molecule has 0 saturated heterocycles. The van der Waals surface area contributed by atoms with Crippen molar-refractivity contribution in [2.24, 2.45) is 17.6 Å². The van der Waals surface area contributed by atoms with Crippen molar-refractivity contribution in [1.29, 1.82) is 0 Å². The van der Waals surface area contributed by atoms with E-state index >= 15 is 0 Å². The van der Waals surface area contributed by atoms with E-state index in [-0.39, 0.29) is 0 Å². The summed E-state index contributed by atoms with van der Waals surface area (Å²) in [4.78, 5) is 14.0. The lowest BCUT2D eigenvalue weighted by atomic mass is 10.0. The molecule has 1 rings (SSSR count). The highest BCUT2D eigenvalue weighted by atomic mass is 16.2. The third-order valence-corrected chi connectivity index (χ3v) is 3.61. The molecular formula is C13H26N2O. The second-order valence-corrected chi connectivity index (χ2v) is 5.13. The van der Waals surface area contributed by atoms with Crippen LogP contribution in [0.2, 0.25) is 0 Å². The van der Waals surface area contributed by atoms with Crippen molar-refractivity contribution < 1.29 is 4.79 Å². The van der Waals surface area contributed by atoms with Gasteiger partial charge in [-0.3, -0.25) is 4.79 Å². The van der Waals surface area contributed by atoms with E-state index in [4.69, 9.17) is 5.73 Å². The van der Waals surface area contributed by atoms with Gasteiger partial charge in [-0.15, -0.1) is 0 Å². The summed E-state index contributed by atoms with van der Waals surface area (Å²) >= 11 is 0. The predicted octanol–water partition coefficient (Wildman–Crippen LogP) is 2.01. The Balaban J connectivity index is 2.35. The smallest absolute Gasteiger partial charge is 0.222 e. The fraction of sp³-hybridized carbons (Fsp3) is 0.923. The van der Waals surface area contributed by atoms with Crippen LogP contribution in [0.15, 0.2) is 0 Å². The molecule has 1 saturated carbocycles. The molecule has 0 aromatic rings. The van der Waals surface area contributed by atoms with Crippen LogP contribution < -0.4 is 5.73 Å². The van der Waals surface area contributed by atoms with Crippen LogP contribution in [-0.4, -0.2) is 30.4 Å². The molecule has 0 aromatic heterocycles. The molecule has 1 atom stereocenters. The molecule has 3 heteroatoms. The Bertz CT molecular complexity index is 212.